The molecule has 0 fully saturated rings. The summed E-state index contributed by atoms with van der Waals surface area (Å²) in [5.41, 5.74) is 9.97. The van der Waals surface area contributed by atoms with Crippen LogP contribution in [-0.4, -0.2) is 30.9 Å². The Morgan fingerprint density at radius 2 is 1.77 bits per heavy atom. The molecular weight excluding hydrogens is 448 g/mol. The monoisotopic (exact) mass is 468 g/mol. The number of nitrogens with one attached hydrogen (secondary N) is 1. The molecule has 0 saturated heterocycles. The zero-order valence-electron chi connectivity index (χ0n) is 18.9. The molecule has 0 saturated carbocycles. The molecule has 0 atom stereocenters. The lowest BCUT2D eigenvalue weighted by Gasteiger charge is -2.08. The summed E-state index contributed by atoms with van der Waals surface area (Å²) in [6.45, 7) is 3.49. The average Bonchev–Trinajstić information content (AvgIpc) is 3.41. The summed E-state index contributed by atoms with van der Waals surface area (Å²) in [5.74, 6) is -1.09. The number of hydrogen-bond donors (Lipinski definition) is 2. The molecule has 3 heterocycles. The van der Waals surface area contributed by atoms with Gasteiger partial charge in [-0.3, -0.25) is 14.1 Å². The van der Waals surface area contributed by atoms with Crippen molar-refractivity contribution in [2.45, 2.75) is 13.8 Å². The van der Waals surface area contributed by atoms with Crippen LogP contribution in [-0.2, 0) is 0 Å². The van der Waals surface area contributed by atoms with Crippen molar-refractivity contribution >= 4 is 23.0 Å². The second-order valence-corrected chi connectivity index (χ2v) is 8.03. The van der Waals surface area contributed by atoms with E-state index in [0.717, 1.165) is 11.1 Å². The zero-order chi connectivity index (χ0) is 24.7. The quantitative estimate of drug-likeness (QED) is 0.407. The third-order valence-corrected chi connectivity index (χ3v) is 5.55. The molecule has 2 amide bonds. The molecule has 3 aromatic heterocycles. The van der Waals surface area contributed by atoms with Crippen molar-refractivity contribution in [1.29, 1.82) is 0 Å². The number of benzene rings is 2. The fraction of sp³-hybridized carbons (Fsp3) is 0.0800. The highest BCUT2D eigenvalue weighted by Gasteiger charge is 2.17. The lowest BCUT2D eigenvalue weighted by molar-refractivity contribution is 0.0995. The number of rotatable bonds is 5. The van der Waals surface area contributed by atoms with Crippen molar-refractivity contribution in [2.24, 2.45) is 5.73 Å². The van der Waals surface area contributed by atoms with E-state index in [1.807, 2.05) is 35.0 Å². The van der Waals surface area contributed by atoms with Gasteiger partial charge in [-0.1, -0.05) is 23.4 Å². The van der Waals surface area contributed by atoms with Gasteiger partial charge < -0.3 is 15.5 Å². The Balaban J connectivity index is 1.49. The molecular formula is C25H20N6O4. The van der Waals surface area contributed by atoms with Gasteiger partial charge in [0.1, 0.15) is 0 Å². The second-order valence-electron chi connectivity index (χ2n) is 8.03. The smallest absolute Gasteiger partial charge is 0.366 e. The number of amides is 2. The van der Waals surface area contributed by atoms with Crippen LogP contribution in [0.3, 0.4) is 0 Å². The molecule has 10 heteroatoms. The molecule has 174 valence electrons. The maximum atomic E-state index is 13.1. The molecule has 3 N–H and O–H groups in total. The minimum Gasteiger partial charge on any atom is -0.366 e. The minimum absolute atomic E-state index is 0.240. The van der Waals surface area contributed by atoms with Crippen LogP contribution in [0.15, 0.2) is 76.3 Å². The summed E-state index contributed by atoms with van der Waals surface area (Å²) in [6.07, 6.45) is 3.73. The Morgan fingerprint density at radius 1 is 1.00 bits per heavy atom. The highest BCUT2D eigenvalue weighted by atomic mass is 16.5. The van der Waals surface area contributed by atoms with Crippen LogP contribution in [0.2, 0.25) is 0 Å². The summed E-state index contributed by atoms with van der Waals surface area (Å²) in [5, 5.41) is 6.47. The number of fused-ring (bicyclic) bond motifs is 1. The molecule has 0 aliphatic rings. The number of nitrogens with zero attached hydrogens (tertiary/aromatic N) is 4. The molecule has 2 aromatic carbocycles. The molecule has 0 bridgehead atoms. The first-order valence-corrected chi connectivity index (χ1v) is 10.7. The van der Waals surface area contributed by atoms with E-state index >= 15 is 0 Å². The lowest BCUT2D eigenvalue weighted by Crippen LogP contribution is -2.17. The van der Waals surface area contributed by atoms with Gasteiger partial charge in [-0.15, -0.1) is 0 Å². The van der Waals surface area contributed by atoms with Crippen LogP contribution in [0.25, 0.3) is 22.3 Å². The molecule has 0 aliphatic carbocycles. The Kier molecular flexibility index (Phi) is 5.25. The van der Waals surface area contributed by atoms with Crippen LogP contribution >= 0.6 is 0 Å². The highest BCUT2D eigenvalue weighted by Crippen LogP contribution is 2.26. The van der Waals surface area contributed by atoms with Crippen LogP contribution in [0.1, 0.15) is 32.4 Å². The van der Waals surface area contributed by atoms with Crippen molar-refractivity contribution in [1.82, 2.24) is 19.1 Å². The van der Waals surface area contributed by atoms with Crippen LogP contribution in [0.4, 0.5) is 5.69 Å². The molecule has 10 nitrogen and oxygen atoms in total. The zero-order valence-corrected chi connectivity index (χ0v) is 18.9. The fourth-order valence-electron chi connectivity index (χ4n) is 3.92. The topological polar surface area (TPSA) is 138 Å². The van der Waals surface area contributed by atoms with Crippen molar-refractivity contribution in [2.75, 3.05) is 5.32 Å². The molecule has 5 rings (SSSR count). The first-order chi connectivity index (χ1) is 16.8. The number of aromatic nitrogens is 4. The number of anilines is 1. The maximum Gasteiger partial charge on any atom is 0.446 e. The number of primary amides is 1. The normalized spacial score (nSPS) is 11.0. The van der Waals surface area contributed by atoms with Gasteiger partial charge in [0.2, 0.25) is 5.91 Å². The summed E-state index contributed by atoms with van der Waals surface area (Å²) in [7, 11) is 0. The Labute approximate surface area is 198 Å². The molecule has 0 unspecified atom stereocenters. The Hall–Kier alpha value is -4.99. The van der Waals surface area contributed by atoms with Gasteiger partial charge in [0, 0.05) is 29.2 Å². The second kappa shape index (κ2) is 8.41. The highest BCUT2D eigenvalue weighted by molar-refractivity contribution is 6.08. The predicted molar refractivity (Wildman–Crippen MR) is 129 cm³/mol. The van der Waals surface area contributed by atoms with Crippen LogP contribution in [0.5, 0.6) is 0 Å². The van der Waals surface area contributed by atoms with Gasteiger partial charge in [0.25, 0.3) is 5.91 Å². The van der Waals surface area contributed by atoms with Gasteiger partial charge in [0.05, 0.1) is 16.9 Å². The molecule has 0 aliphatic heterocycles. The SMILES string of the molecule is Cc1cn2cc(-c3ccc(-n4c(C)noc4=O)cc3)cc2c(C(=O)Nc2cccc(C(N)=O)c2)n1. The summed E-state index contributed by atoms with van der Waals surface area (Å²) >= 11 is 0. The largest absolute Gasteiger partial charge is 0.446 e. The standard InChI is InChI=1S/C25H20N6O4/c1-14-12-30-13-18(16-6-8-20(9-7-16)31-15(2)29-35-25(31)34)11-21(30)22(27-14)24(33)28-19-5-3-4-17(10-19)23(26)32/h3-13H,1-2H3,(H2,26,32)(H,28,33). The van der Waals surface area contributed by atoms with Gasteiger partial charge in [0.15, 0.2) is 11.5 Å². The first-order valence-electron chi connectivity index (χ1n) is 10.7. The van der Waals surface area contributed by atoms with E-state index in [-0.39, 0.29) is 5.69 Å². The number of nitrogens with two attached hydrogens (primary N) is 1. The summed E-state index contributed by atoms with van der Waals surface area (Å²) in [6, 6.07) is 15.6. The van der Waals surface area contributed by atoms with E-state index in [1.54, 1.807) is 44.2 Å². The summed E-state index contributed by atoms with van der Waals surface area (Å²) < 4.78 is 7.92. The van der Waals surface area contributed by atoms with Gasteiger partial charge in [-0.05, 0) is 55.8 Å². The lowest BCUT2D eigenvalue weighted by atomic mass is 10.1. The minimum atomic E-state index is -0.580. The predicted octanol–water partition coefficient (Wildman–Crippen LogP) is 3.11. The number of hydrogen-bond acceptors (Lipinski definition) is 6. The van der Waals surface area contributed by atoms with E-state index in [1.165, 1.54) is 10.6 Å². The van der Waals surface area contributed by atoms with E-state index in [9.17, 15) is 14.4 Å². The molecule has 35 heavy (non-hydrogen) atoms. The summed E-state index contributed by atoms with van der Waals surface area (Å²) in [4.78, 5) is 40.9. The average molecular weight is 468 g/mol. The van der Waals surface area contributed by atoms with E-state index in [4.69, 9.17) is 10.3 Å². The number of aryl methyl sites for hydroxylation is 2. The molecule has 0 spiro atoms. The molecule has 0 radical (unpaired) electrons. The number of carbonyl (C=O) groups is 2. The Bertz CT molecular complexity index is 1660. The van der Waals surface area contributed by atoms with E-state index in [0.29, 0.717) is 34.0 Å². The third kappa shape index (κ3) is 4.08. The van der Waals surface area contributed by atoms with Crippen molar-refractivity contribution in [3.8, 4) is 16.8 Å². The van der Waals surface area contributed by atoms with Gasteiger partial charge >= 0.3 is 5.76 Å². The molecule has 5 aromatic rings. The van der Waals surface area contributed by atoms with Gasteiger partial charge in [-0.2, -0.15) is 0 Å². The fourth-order valence-corrected chi connectivity index (χ4v) is 3.92. The van der Waals surface area contributed by atoms with Crippen molar-refractivity contribution in [3.05, 3.63) is 100 Å². The van der Waals surface area contributed by atoms with Crippen molar-refractivity contribution < 1.29 is 14.1 Å². The van der Waals surface area contributed by atoms with E-state index in [2.05, 4.69) is 15.5 Å². The number of carbonyl (C=O) groups excluding carboxylic acids is 2. The van der Waals surface area contributed by atoms with Crippen LogP contribution < -0.4 is 16.8 Å². The maximum absolute atomic E-state index is 13.1. The van der Waals surface area contributed by atoms with Crippen molar-refractivity contribution in [3.63, 3.8) is 0 Å². The van der Waals surface area contributed by atoms with E-state index < -0.39 is 17.6 Å². The van der Waals surface area contributed by atoms with Crippen LogP contribution in [0, 0.1) is 13.8 Å². The first kappa shape index (κ1) is 21.8. The Morgan fingerprint density at radius 3 is 2.46 bits per heavy atom. The van der Waals surface area contributed by atoms with Gasteiger partial charge in [-0.25, -0.2) is 14.3 Å². The third-order valence-electron chi connectivity index (χ3n) is 5.55.